The van der Waals surface area contributed by atoms with E-state index in [1.165, 1.54) is 22.7 Å². The number of carbonyl (C=O) groups excluding carboxylic acids is 4. The molecule has 0 aliphatic rings. The second kappa shape index (κ2) is 19.2. The number of nitrogens with one attached hydrogen (secondary N) is 2. The van der Waals surface area contributed by atoms with Gasteiger partial charge in [0.1, 0.15) is 11.5 Å². The van der Waals surface area contributed by atoms with Crippen molar-refractivity contribution in [1.29, 1.82) is 0 Å². The lowest BCUT2D eigenvalue weighted by molar-refractivity contribution is -0.113. The summed E-state index contributed by atoms with van der Waals surface area (Å²) >= 11 is 14.7. The molecule has 334 valence electrons. The van der Waals surface area contributed by atoms with Crippen molar-refractivity contribution in [3.63, 3.8) is 0 Å². The van der Waals surface area contributed by atoms with Crippen LogP contribution in [-0.2, 0) is 22.7 Å². The SMILES string of the molecule is COc1ccc2c(c1)c(C(=O)C(=O)Nc1nc3ccccc3s1)c(C)n2Cc1ccc(Cl)cc1.COc1ccc2c(c1)c(C(=O)C(=O)Nc1nc3ccccc3s1)cn2Cc1ccc(Cl)cc1. The molecular weight excluding hydrogens is 928 g/mol. The molecule has 0 saturated carbocycles. The molecule has 0 aliphatic heterocycles. The molecule has 67 heavy (non-hydrogen) atoms. The number of hydrogen-bond donors (Lipinski definition) is 2. The van der Waals surface area contributed by atoms with E-state index in [1.807, 2.05) is 137 Å². The minimum Gasteiger partial charge on any atom is -0.497 e. The summed E-state index contributed by atoms with van der Waals surface area (Å²) < 4.78 is 16.6. The van der Waals surface area contributed by atoms with Gasteiger partial charge in [-0.15, -0.1) is 0 Å². The zero-order chi connectivity index (χ0) is 46.8. The molecule has 0 unspecified atom stereocenters. The molecule has 2 N–H and O–H groups in total. The fourth-order valence-electron chi connectivity index (χ4n) is 7.75. The first-order valence-electron chi connectivity index (χ1n) is 20.7. The number of aromatic nitrogens is 4. The summed E-state index contributed by atoms with van der Waals surface area (Å²) in [5, 5.41) is 8.73. The zero-order valence-electron chi connectivity index (χ0n) is 36.0. The van der Waals surface area contributed by atoms with Gasteiger partial charge in [0.15, 0.2) is 10.3 Å². The van der Waals surface area contributed by atoms with Crippen molar-refractivity contribution < 1.29 is 28.7 Å². The minimum absolute atomic E-state index is 0.302. The van der Waals surface area contributed by atoms with E-state index in [0.717, 1.165) is 42.6 Å². The number of benzene rings is 6. The number of fused-ring (bicyclic) bond motifs is 4. The maximum atomic E-state index is 13.4. The molecule has 10 rings (SSSR count). The second-order valence-electron chi connectivity index (χ2n) is 15.3. The van der Waals surface area contributed by atoms with Crippen LogP contribution in [0.4, 0.5) is 10.3 Å². The summed E-state index contributed by atoms with van der Waals surface area (Å²) in [7, 11) is 3.13. The molecule has 0 bridgehead atoms. The smallest absolute Gasteiger partial charge is 0.298 e. The third-order valence-electron chi connectivity index (χ3n) is 11.1. The first kappa shape index (κ1) is 44.8. The highest BCUT2D eigenvalue weighted by molar-refractivity contribution is 7.22. The van der Waals surface area contributed by atoms with Crippen molar-refractivity contribution in [3.8, 4) is 11.5 Å². The molecule has 4 heterocycles. The summed E-state index contributed by atoms with van der Waals surface area (Å²) in [5.74, 6) is -1.51. The van der Waals surface area contributed by atoms with Gasteiger partial charge in [-0.05, 0) is 103 Å². The van der Waals surface area contributed by atoms with Crippen LogP contribution in [0.25, 0.3) is 42.2 Å². The van der Waals surface area contributed by atoms with Crippen LogP contribution in [0.3, 0.4) is 0 Å². The predicted molar refractivity (Wildman–Crippen MR) is 268 cm³/mol. The summed E-state index contributed by atoms with van der Waals surface area (Å²) in [6.45, 7) is 2.89. The molecule has 0 radical (unpaired) electrons. The molecule has 6 aromatic carbocycles. The highest BCUT2D eigenvalue weighted by Gasteiger charge is 2.27. The number of carbonyl (C=O) groups is 4. The Morgan fingerprint density at radius 3 is 1.63 bits per heavy atom. The summed E-state index contributed by atoms with van der Waals surface area (Å²) in [6, 6.07) is 41.2. The van der Waals surface area contributed by atoms with Crippen LogP contribution in [0.5, 0.6) is 11.5 Å². The lowest BCUT2D eigenvalue weighted by Crippen LogP contribution is -2.23. The number of thiazole rings is 2. The van der Waals surface area contributed by atoms with E-state index in [4.69, 9.17) is 32.7 Å². The standard InChI is InChI=1S/C26H20ClN3O3S.C25H18ClN3O3S/c1-15-23(24(31)25(32)29-26-28-20-5-3-4-6-22(20)34-26)19-13-18(33-2)11-12-21(19)30(15)14-16-7-9-17(27)10-8-16;1-32-17-10-11-21-18(12-17)19(14-29(21)13-15-6-8-16(26)9-7-15)23(30)24(31)28-25-27-20-4-2-3-5-22(20)33-25/h3-13H,14H2,1-2H3,(H,28,29,32);2-12,14H,13H2,1H3,(H,27,28,31). The number of amides is 2. The van der Waals surface area contributed by atoms with Gasteiger partial charge < -0.3 is 18.6 Å². The highest BCUT2D eigenvalue weighted by Crippen LogP contribution is 2.33. The number of para-hydroxylation sites is 2. The van der Waals surface area contributed by atoms with Gasteiger partial charge in [0.25, 0.3) is 23.4 Å². The first-order valence-corrected chi connectivity index (χ1v) is 23.1. The average molecular weight is 966 g/mol. The maximum Gasteiger partial charge on any atom is 0.298 e. The molecule has 0 aliphatic carbocycles. The number of ether oxygens (including phenoxy) is 2. The van der Waals surface area contributed by atoms with Crippen molar-refractivity contribution in [3.05, 3.63) is 178 Å². The topological polar surface area (TPSA) is 146 Å². The number of methoxy groups -OCH3 is 2. The molecule has 12 nitrogen and oxygen atoms in total. The van der Waals surface area contributed by atoms with E-state index < -0.39 is 23.4 Å². The van der Waals surface area contributed by atoms with Gasteiger partial charge >= 0.3 is 0 Å². The Kier molecular flexibility index (Phi) is 12.9. The van der Waals surface area contributed by atoms with Crippen LogP contribution in [0.1, 0.15) is 37.5 Å². The predicted octanol–water partition coefficient (Wildman–Crippen LogP) is 11.9. The van der Waals surface area contributed by atoms with Gasteiger partial charge in [0.2, 0.25) is 0 Å². The molecule has 0 spiro atoms. The van der Waals surface area contributed by atoms with Gasteiger partial charge in [-0.2, -0.15) is 0 Å². The van der Waals surface area contributed by atoms with Crippen LogP contribution in [0.15, 0.2) is 140 Å². The largest absolute Gasteiger partial charge is 0.497 e. The minimum atomic E-state index is -0.734. The second-order valence-corrected chi connectivity index (χ2v) is 18.2. The Bertz CT molecular complexity index is 3460. The van der Waals surface area contributed by atoms with E-state index in [0.29, 0.717) is 72.5 Å². The van der Waals surface area contributed by atoms with Crippen LogP contribution >= 0.6 is 45.9 Å². The fraction of sp³-hybridized carbons (Fsp3) is 0.0980. The monoisotopic (exact) mass is 964 g/mol. The van der Waals surface area contributed by atoms with Crippen molar-refractivity contribution in [2.45, 2.75) is 20.0 Å². The molecule has 2 amide bonds. The van der Waals surface area contributed by atoms with Crippen LogP contribution < -0.4 is 20.1 Å². The van der Waals surface area contributed by atoms with E-state index in [9.17, 15) is 19.2 Å². The van der Waals surface area contributed by atoms with Crippen LogP contribution in [-0.4, -0.2) is 56.7 Å². The summed E-state index contributed by atoms with van der Waals surface area (Å²) in [4.78, 5) is 61.2. The molecule has 16 heteroatoms. The normalized spacial score (nSPS) is 11.1. The van der Waals surface area contributed by atoms with Crippen LogP contribution in [0, 0.1) is 6.92 Å². The quantitative estimate of drug-likeness (QED) is 0.0909. The Hall–Kier alpha value is -7.36. The summed E-state index contributed by atoms with van der Waals surface area (Å²) in [6.07, 6.45) is 1.71. The molecule has 10 aromatic rings. The Balaban J connectivity index is 0.000000168. The van der Waals surface area contributed by atoms with E-state index in [2.05, 4.69) is 20.6 Å². The number of rotatable bonds is 12. The van der Waals surface area contributed by atoms with Crippen molar-refractivity contribution in [1.82, 2.24) is 19.1 Å². The highest BCUT2D eigenvalue weighted by atomic mass is 35.5. The molecule has 0 fully saturated rings. The van der Waals surface area contributed by atoms with Crippen LogP contribution in [0.2, 0.25) is 10.0 Å². The number of nitrogens with zero attached hydrogens (tertiary/aromatic N) is 4. The Labute approximate surface area is 401 Å². The number of ketones is 2. The van der Waals surface area contributed by atoms with Gasteiger partial charge in [-0.1, -0.05) is 94.4 Å². The lowest BCUT2D eigenvalue weighted by atomic mass is 10.1. The maximum absolute atomic E-state index is 13.4. The molecular formula is C51H38Cl2N6O6S2. The third kappa shape index (κ3) is 9.51. The van der Waals surface area contributed by atoms with E-state index in [1.54, 1.807) is 32.5 Å². The number of anilines is 2. The lowest BCUT2D eigenvalue weighted by Gasteiger charge is -2.09. The van der Waals surface area contributed by atoms with Crippen molar-refractivity contribution in [2.75, 3.05) is 24.9 Å². The van der Waals surface area contributed by atoms with E-state index in [-0.39, 0.29) is 0 Å². The number of halogens is 2. The number of hydrogen-bond acceptors (Lipinski definition) is 10. The first-order chi connectivity index (χ1) is 32.5. The van der Waals surface area contributed by atoms with Gasteiger partial charge in [0, 0.05) is 56.8 Å². The van der Waals surface area contributed by atoms with Gasteiger partial charge in [0.05, 0.1) is 45.8 Å². The fourth-order valence-corrected chi connectivity index (χ4v) is 9.72. The number of Topliss-reactive ketones (excluding diaryl/α,β-unsaturated/α-hetero) is 2. The average Bonchev–Trinajstić information content (AvgIpc) is 4.11. The van der Waals surface area contributed by atoms with Gasteiger partial charge in [-0.3, -0.25) is 29.8 Å². The third-order valence-corrected chi connectivity index (χ3v) is 13.5. The molecule has 4 aromatic heterocycles. The van der Waals surface area contributed by atoms with Crippen molar-refractivity contribution in [2.24, 2.45) is 0 Å². The van der Waals surface area contributed by atoms with E-state index >= 15 is 0 Å². The summed E-state index contributed by atoms with van der Waals surface area (Å²) in [5.41, 5.74) is 6.60. The molecule has 0 saturated heterocycles. The Morgan fingerprint density at radius 1 is 0.597 bits per heavy atom. The van der Waals surface area contributed by atoms with Gasteiger partial charge in [-0.25, -0.2) is 9.97 Å². The zero-order valence-corrected chi connectivity index (χ0v) is 39.1. The molecule has 0 atom stereocenters. The Morgan fingerprint density at radius 2 is 1.09 bits per heavy atom. The van der Waals surface area contributed by atoms with Crippen molar-refractivity contribution >= 4 is 122 Å².